The van der Waals surface area contributed by atoms with E-state index < -0.39 is 0 Å². The van der Waals surface area contributed by atoms with Crippen molar-refractivity contribution in [2.24, 2.45) is 11.8 Å². The molecule has 1 heteroatoms. The molecule has 0 aromatic heterocycles. The van der Waals surface area contributed by atoms with Gasteiger partial charge in [-0.3, -0.25) is 0 Å². The average Bonchev–Trinajstić information content (AvgIpc) is 2.16. The van der Waals surface area contributed by atoms with Gasteiger partial charge in [0.15, 0.2) is 0 Å². The molecule has 0 spiro atoms. The molecule has 3 unspecified atom stereocenters. The number of fused-ring (bicyclic) bond motifs is 2. The molecule has 64 valence electrons. The van der Waals surface area contributed by atoms with Gasteiger partial charge >= 0.3 is 0 Å². The molecule has 1 heterocycles. The highest BCUT2D eigenvalue weighted by atomic mass is 16.5. The van der Waals surface area contributed by atoms with Gasteiger partial charge in [0.25, 0.3) is 0 Å². The van der Waals surface area contributed by atoms with Crippen LogP contribution in [0.2, 0.25) is 0 Å². The minimum absolute atomic E-state index is 0.176. The van der Waals surface area contributed by atoms with E-state index in [4.69, 9.17) is 4.74 Å². The maximum atomic E-state index is 5.98. The van der Waals surface area contributed by atoms with Gasteiger partial charge in [0.05, 0.1) is 11.7 Å². The molecule has 1 saturated carbocycles. The lowest BCUT2D eigenvalue weighted by atomic mass is 9.78. The Labute approximate surface area is 69.1 Å². The highest BCUT2D eigenvalue weighted by molar-refractivity contribution is 4.95. The smallest absolute Gasteiger partial charge is 0.0659 e. The second-order valence-electron chi connectivity index (χ2n) is 4.75. The van der Waals surface area contributed by atoms with Gasteiger partial charge in [-0.1, -0.05) is 6.92 Å². The number of ether oxygens (including phenoxy) is 1. The molecule has 1 aliphatic heterocycles. The van der Waals surface area contributed by atoms with Gasteiger partial charge in [-0.25, -0.2) is 0 Å². The summed E-state index contributed by atoms with van der Waals surface area (Å²) in [5, 5.41) is 0. The summed E-state index contributed by atoms with van der Waals surface area (Å²) >= 11 is 0. The first-order valence-electron chi connectivity index (χ1n) is 4.77. The summed E-state index contributed by atoms with van der Waals surface area (Å²) in [5.41, 5.74) is 0.176. The molecule has 2 rings (SSSR count). The SMILES string of the molecule is CC1CCC2CC1OC2(C)C. The van der Waals surface area contributed by atoms with E-state index in [1.807, 2.05) is 0 Å². The third-order valence-corrected chi connectivity index (χ3v) is 3.56. The summed E-state index contributed by atoms with van der Waals surface area (Å²) in [5.74, 6) is 1.64. The monoisotopic (exact) mass is 154 g/mol. The minimum atomic E-state index is 0.176. The van der Waals surface area contributed by atoms with Crippen LogP contribution in [0.25, 0.3) is 0 Å². The molecule has 1 nitrogen and oxygen atoms in total. The van der Waals surface area contributed by atoms with Crippen LogP contribution in [0.1, 0.15) is 40.0 Å². The molecule has 2 aliphatic rings. The van der Waals surface area contributed by atoms with Crippen LogP contribution in [0.4, 0.5) is 0 Å². The van der Waals surface area contributed by atoms with Crippen molar-refractivity contribution in [1.29, 1.82) is 0 Å². The van der Waals surface area contributed by atoms with Crippen LogP contribution < -0.4 is 0 Å². The van der Waals surface area contributed by atoms with Crippen molar-refractivity contribution in [3.8, 4) is 0 Å². The second kappa shape index (κ2) is 2.22. The fraction of sp³-hybridized carbons (Fsp3) is 1.00. The molecule has 0 radical (unpaired) electrons. The van der Waals surface area contributed by atoms with E-state index in [1.165, 1.54) is 19.3 Å². The maximum absolute atomic E-state index is 5.98. The fourth-order valence-corrected chi connectivity index (χ4v) is 2.56. The predicted molar refractivity (Wildman–Crippen MR) is 45.5 cm³/mol. The highest BCUT2D eigenvalue weighted by Crippen LogP contribution is 2.46. The van der Waals surface area contributed by atoms with Crippen molar-refractivity contribution < 1.29 is 4.74 Å². The third kappa shape index (κ3) is 1.10. The minimum Gasteiger partial charge on any atom is -0.372 e. The Morgan fingerprint density at radius 3 is 2.64 bits per heavy atom. The van der Waals surface area contributed by atoms with E-state index in [2.05, 4.69) is 20.8 Å². The molecule has 1 saturated heterocycles. The van der Waals surface area contributed by atoms with Gasteiger partial charge in [0.2, 0.25) is 0 Å². The zero-order valence-electron chi connectivity index (χ0n) is 7.76. The van der Waals surface area contributed by atoms with Gasteiger partial charge in [-0.15, -0.1) is 0 Å². The third-order valence-electron chi connectivity index (χ3n) is 3.56. The van der Waals surface area contributed by atoms with Crippen LogP contribution in [-0.2, 0) is 4.74 Å². The predicted octanol–water partition coefficient (Wildman–Crippen LogP) is 2.60. The van der Waals surface area contributed by atoms with Crippen molar-refractivity contribution in [3.63, 3.8) is 0 Å². The first-order valence-corrected chi connectivity index (χ1v) is 4.77. The maximum Gasteiger partial charge on any atom is 0.0659 e. The topological polar surface area (TPSA) is 9.23 Å². The van der Waals surface area contributed by atoms with E-state index in [-0.39, 0.29) is 5.60 Å². The summed E-state index contributed by atoms with van der Waals surface area (Å²) in [4.78, 5) is 0. The van der Waals surface area contributed by atoms with Crippen LogP contribution in [0, 0.1) is 11.8 Å². The first kappa shape index (κ1) is 7.60. The Kier molecular flexibility index (Phi) is 1.54. The van der Waals surface area contributed by atoms with E-state index in [0.717, 1.165) is 11.8 Å². The largest absolute Gasteiger partial charge is 0.372 e. The summed E-state index contributed by atoms with van der Waals surface area (Å²) in [7, 11) is 0. The molecule has 0 amide bonds. The molecule has 0 aromatic rings. The second-order valence-corrected chi connectivity index (χ2v) is 4.75. The molecule has 11 heavy (non-hydrogen) atoms. The summed E-state index contributed by atoms with van der Waals surface area (Å²) in [6, 6.07) is 0. The van der Waals surface area contributed by atoms with Crippen molar-refractivity contribution in [2.45, 2.75) is 51.7 Å². The van der Waals surface area contributed by atoms with Crippen molar-refractivity contribution in [1.82, 2.24) is 0 Å². The standard InChI is InChI=1S/C10H18O/c1-7-4-5-8-6-9(7)11-10(8,2)3/h7-9H,4-6H2,1-3H3. The fourth-order valence-electron chi connectivity index (χ4n) is 2.56. The molecule has 1 aliphatic carbocycles. The zero-order chi connectivity index (χ0) is 8.06. The zero-order valence-corrected chi connectivity index (χ0v) is 7.76. The van der Waals surface area contributed by atoms with Crippen molar-refractivity contribution in [3.05, 3.63) is 0 Å². The molecule has 0 N–H and O–H groups in total. The van der Waals surface area contributed by atoms with Gasteiger partial charge in [0, 0.05) is 0 Å². The Morgan fingerprint density at radius 2 is 2.00 bits per heavy atom. The van der Waals surface area contributed by atoms with E-state index in [0.29, 0.717) is 6.10 Å². The summed E-state index contributed by atoms with van der Waals surface area (Å²) < 4.78 is 5.98. The average molecular weight is 154 g/mol. The Balaban J connectivity index is 2.16. The Hall–Kier alpha value is -0.0400. The quantitative estimate of drug-likeness (QED) is 0.521. The first-order chi connectivity index (χ1) is 5.09. The lowest BCUT2D eigenvalue weighted by molar-refractivity contribution is -0.0373. The Bertz CT molecular complexity index is 162. The van der Waals surface area contributed by atoms with Crippen LogP contribution in [0.15, 0.2) is 0 Å². The molecular formula is C10H18O. The molecule has 0 aromatic carbocycles. The molecular weight excluding hydrogens is 136 g/mol. The van der Waals surface area contributed by atoms with Crippen LogP contribution >= 0.6 is 0 Å². The Morgan fingerprint density at radius 1 is 1.27 bits per heavy atom. The van der Waals surface area contributed by atoms with Gasteiger partial charge in [-0.2, -0.15) is 0 Å². The van der Waals surface area contributed by atoms with E-state index >= 15 is 0 Å². The number of hydrogen-bond acceptors (Lipinski definition) is 1. The summed E-state index contributed by atoms with van der Waals surface area (Å²) in [6.07, 6.45) is 4.64. The normalized spacial score (nSPS) is 47.7. The summed E-state index contributed by atoms with van der Waals surface area (Å²) in [6.45, 7) is 6.81. The van der Waals surface area contributed by atoms with Gasteiger partial charge < -0.3 is 4.74 Å². The van der Waals surface area contributed by atoms with Crippen LogP contribution in [-0.4, -0.2) is 11.7 Å². The molecule has 3 atom stereocenters. The van der Waals surface area contributed by atoms with Crippen molar-refractivity contribution in [2.75, 3.05) is 0 Å². The highest BCUT2D eigenvalue weighted by Gasteiger charge is 2.46. The van der Waals surface area contributed by atoms with Crippen LogP contribution in [0.3, 0.4) is 0 Å². The molecule has 2 fully saturated rings. The lowest BCUT2D eigenvalue weighted by Gasteiger charge is -2.25. The number of rotatable bonds is 0. The van der Waals surface area contributed by atoms with Gasteiger partial charge in [-0.05, 0) is 44.9 Å². The van der Waals surface area contributed by atoms with Crippen LogP contribution in [0.5, 0.6) is 0 Å². The van der Waals surface area contributed by atoms with Gasteiger partial charge in [0.1, 0.15) is 0 Å². The van der Waals surface area contributed by atoms with E-state index in [9.17, 15) is 0 Å². The molecule has 2 bridgehead atoms. The lowest BCUT2D eigenvalue weighted by Crippen LogP contribution is -2.26. The van der Waals surface area contributed by atoms with E-state index in [1.54, 1.807) is 0 Å². The number of hydrogen-bond donors (Lipinski definition) is 0. The van der Waals surface area contributed by atoms with Crippen molar-refractivity contribution >= 4 is 0 Å².